The average molecular weight is 374 g/mol. The van der Waals surface area contributed by atoms with Crippen molar-refractivity contribution < 1.29 is 14.3 Å². The van der Waals surface area contributed by atoms with Crippen LogP contribution in [0.25, 0.3) is 21.8 Å². The Hall–Kier alpha value is -3.61. The summed E-state index contributed by atoms with van der Waals surface area (Å²) >= 11 is 0. The summed E-state index contributed by atoms with van der Waals surface area (Å²) in [5.41, 5.74) is 5.00. The second-order valence-corrected chi connectivity index (χ2v) is 6.95. The van der Waals surface area contributed by atoms with E-state index in [1.807, 2.05) is 35.2 Å². The lowest BCUT2D eigenvalue weighted by molar-refractivity contribution is 0.0600. The van der Waals surface area contributed by atoms with E-state index in [0.717, 1.165) is 39.5 Å². The molecule has 4 aromatic rings. The Morgan fingerprint density at radius 3 is 2.96 bits per heavy atom. The van der Waals surface area contributed by atoms with Crippen LogP contribution in [0.2, 0.25) is 0 Å². The summed E-state index contributed by atoms with van der Waals surface area (Å²) in [4.78, 5) is 30.4. The first-order chi connectivity index (χ1) is 13.7. The van der Waals surface area contributed by atoms with Crippen LogP contribution in [-0.4, -0.2) is 45.6 Å². The zero-order chi connectivity index (χ0) is 19.3. The minimum atomic E-state index is -0.369. The number of fused-ring (bicyclic) bond motifs is 4. The third kappa shape index (κ3) is 2.47. The van der Waals surface area contributed by atoms with Gasteiger partial charge in [-0.1, -0.05) is 12.1 Å². The fourth-order valence-corrected chi connectivity index (χ4v) is 3.95. The van der Waals surface area contributed by atoms with Gasteiger partial charge in [0.05, 0.1) is 30.0 Å². The third-order valence-electron chi connectivity index (χ3n) is 5.39. The van der Waals surface area contributed by atoms with E-state index in [1.54, 1.807) is 12.3 Å². The molecule has 7 heteroatoms. The molecule has 1 aliphatic heterocycles. The fraction of sp³-hybridized carbons (Fsp3) is 0.190. The summed E-state index contributed by atoms with van der Waals surface area (Å²) in [6, 6.07) is 11.1. The molecule has 7 nitrogen and oxygen atoms in total. The number of para-hydroxylation sites is 1. The van der Waals surface area contributed by atoms with E-state index < -0.39 is 0 Å². The molecular weight excluding hydrogens is 356 g/mol. The smallest absolute Gasteiger partial charge is 0.337 e. The van der Waals surface area contributed by atoms with Gasteiger partial charge >= 0.3 is 5.97 Å². The highest BCUT2D eigenvalue weighted by molar-refractivity contribution is 6.05. The Kier molecular flexibility index (Phi) is 3.68. The number of nitrogens with one attached hydrogen (secondary N) is 2. The molecule has 0 unspecified atom stereocenters. The maximum Gasteiger partial charge on any atom is 0.337 e. The van der Waals surface area contributed by atoms with E-state index in [4.69, 9.17) is 4.74 Å². The molecule has 0 aliphatic carbocycles. The predicted octanol–water partition coefficient (Wildman–Crippen LogP) is 3.03. The van der Waals surface area contributed by atoms with Gasteiger partial charge in [-0.3, -0.25) is 9.89 Å². The van der Waals surface area contributed by atoms with Gasteiger partial charge in [-0.2, -0.15) is 5.10 Å². The van der Waals surface area contributed by atoms with Gasteiger partial charge in [0, 0.05) is 47.1 Å². The SMILES string of the molecule is COC(=O)c1ccc2[nH]c3c(c2c1)CN(C(=O)c1cccc2cn[nH]c12)CC3. The monoisotopic (exact) mass is 374 g/mol. The van der Waals surface area contributed by atoms with Gasteiger partial charge in [0.15, 0.2) is 0 Å². The van der Waals surface area contributed by atoms with Crippen LogP contribution in [-0.2, 0) is 17.7 Å². The Bertz CT molecular complexity index is 1240. The lowest BCUT2D eigenvalue weighted by atomic mass is 10.0. The molecule has 1 aliphatic rings. The van der Waals surface area contributed by atoms with Crippen molar-refractivity contribution in [3.63, 3.8) is 0 Å². The molecule has 28 heavy (non-hydrogen) atoms. The maximum absolute atomic E-state index is 13.2. The van der Waals surface area contributed by atoms with Crippen molar-refractivity contribution in [1.29, 1.82) is 0 Å². The molecular formula is C21H18N4O3. The number of esters is 1. The molecule has 0 saturated carbocycles. The van der Waals surface area contributed by atoms with Gasteiger partial charge in [0.1, 0.15) is 0 Å². The molecule has 0 atom stereocenters. The number of aromatic amines is 2. The van der Waals surface area contributed by atoms with Crippen LogP contribution in [0.15, 0.2) is 42.6 Å². The Morgan fingerprint density at radius 1 is 1.21 bits per heavy atom. The largest absolute Gasteiger partial charge is 0.465 e. The van der Waals surface area contributed by atoms with Crippen LogP contribution >= 0.6 is 0 Å². The highest BCUT2D eigenvalue weighted by Gasteiger charge is 2.26. The molecule has 140 valence electrons. The second kappa shape index (κ2) is 6.23. The number of carbonyl (C=O) groups excluding carboxylic acids is 2. The molecule has 0 fully saturated rings. The van der Waals surface area contributed by atoms with Crippen LogP contribution < -0.4 is 0 Å². The van der Waals surface area contributed by atoms with Gasteiger partial charge in [0.2, 0.25) is 0 Å². The molecule has 3 heterocycles. The van der Waals surface area contributed by atoms with Crippen molar-refractivity contribution in [1.82, 2.24) is 20.1 Å². The molecule has 0 bridgehead atoms. The zero-order valence-electron chi connectivity index (χ0n) is 15.3. The minimum Gasteiger partial charge on any atom is -0.465 e. The van der Waals surface area contributed by atoms with Crippen LogP contribution in [0.3, 0.4) is 0 Å². The molecule has 2 aromatic heterocycles. The van der Waals surface area contributed by atoms with E-state index in [-0.39, 0.29) is 11.9 Å². The van der Waals surface area contributed by atoms with E-state index in [9.17, 15) is 9.59 Å². The number of ether oxygens (including phenoxy) is 1. The van der Waals surface area contributed by atoms with E-state index in [1.165, 1.54) is 7.11 Å². The van der Waals surface area contributed by atoms with Gasteiger partial charge in [0.25, 0.3) is 5.91 Å². The van der Waals surface area contributed by atoms with Crippen molar-refractivity contribution in [3.8, 4) is 0 Å². The quantitative estimate of drug-likeness (QED) is 0.528. The number of rotatable bonds is 2. The molecule has 5 rings (SSSR count). The molecule has 1 amide bonds. The van der Waals surface area contributed by atoms with Gasteiger partial charge in [-0.05, 0) is 24.3 Å². The van der Waals surface area contributed by atoms with E-state index in [0.29, 0.717) is 24.2 Å². The van der Waals surface area contributed by atoms with Gasteiger partial charge < -0.3 is 14.6 Å². The van der Waals surface area contributed by atoms with Crippen LogP contribution in [0.1, 0.15) is 32.0 Å². The number of nitrogens with zero attached hydrogens (tertiary/aromatic N) is 2. The fourth-order valence-electron chi connectivity index (χ4n) is 3.95. The highest BCUT2D eigenvalue weighted by Crippen LogP contribution is 2.30. The van der Waals surface area contributed by atoms with Crippen molar-refractivity contribution in [2.24, 2.45) is 0 Å². The van der Waals surface area contributed by atoms with Crippen molar-refractivity contribution >= 4 is 33.7 Å². The summed E-state index contributed by atoms with van der Waals surface area (Å²) in [5, 5.41) is 8.84. The number of benzene rings is 2. The number of aromatic nitrogens is 3. The first-order valence-electron chi connectivity index (χ1n) is 9.09. The first-order valence-corrected chi connectivity index (χ1v) is 9.09. The Balaban J connectivity index is 1.52. The third-order valence-corrected chi connectivity index (χ3v) is 5.39. The molecule has 0 radical (unpaired) electrons. The van der Waals surface area contributed by atoms with Crippen LogP contribution in [0, 0.1) is 0 Å². The summed E-state index contributed by atoms with van der Waals surface area (Å²) in [6.07, 6.45) is 2.46. The van der Waals surface area contributed by atoms with Crippen LogP contribution in [0.5, 0.6) is 0 Å². The minimum absolute atomic E-state index is 0.0287. The summed E-state index contributed by atoms with van der Waals surface area (Å²) in [6.45, 7) is 1.12. The molecule has 2 aromatic carbocycles. The summed E-state index contributed by atoms with van der Waals surface area (Å²) < 4.78 is 4.83. The zero-order valence-corrected chi connectivity index (χ0v) is 15.3. The predicted molar refractivity (Wildman–Crippen MR) is 104 cm³/mol. The van der Waals surface area contributed by atoms with Crippen molar-refractivity contribution in [2.75, 3.05) is 13.7 Å². The number of H-pyrrole nitrogens is 2. The summed E-state index contributed by atoms with van der Waals surface area (Å²) in [5.74, 6) is -0.398. The number of hydrogen-bond donors (Lipinski definition) is 2. The van der Waals surface area contributed by atoms with Gasteiger partial charge in [-0.15, -0.1) is 0 Å². The van der Waals surface area contributed by atoms with Crippen LogP contribution in [0.4, 0.5) is 0 Å². The van der Waals surface area contributed by atoms with Crippen molar-refractivity contribution in [3.05, 3.63) is 65.0 Å². The first kappa shape index (κ1) is 16.6. The van der Waals surface area contributed by atoms with Crippen molar-refractivity contribution in [2.45, 2.75) is 13.0 Å². The van der Waals surface area contributed by atoms with Gasteiger partial charge in [-0.25, -0.2) is 4.79 Å². The normalized spacial score (nSPS) is 13.7. The topological polar surface area (TPSA) is 91.1 Å². The Labute approximate surface area is 160 Å². The average Bonchev–Trinajstić information content (AvgIpc) is 3.35. The second-order valence-electron chi connectivity index (χ2n) is 6.95. The molecule has 0 spiro atoms. The Morgan fingerprint density at radius 2 is 2.11 bits per heavy atom. The maximum atomic E-state index is 13.2. The van der Waals surface area contributed by atoms with E-state index >= 15 is 0 Å². The number of amides is 1. The highest BCUT2D eigenvalue weighted by atomic mass is 16.5. The number of hydrogen-bond acceptors (Lipinski definition) is 4. The standard InChI is InChI=1S/C21H18N4O3/c1-28-21(27)12-5-6-17-15(9-12)16-11-25(8-7-18(16)23-17)20(26)14-4-2-3-13-10-22-24-19(13)14/h2-6,9-10,23H,7-8,11H2,1H3,(H,22,24). The number of carbonyl (C=O) groups is 2. The lowest BCUT2D eigenvalue weighted by Gasteiger charge is -2.27. The van der Waals surface area contributed by atoms with E-state index in [2.05, 4.69) is 15.2 Å². The lowest BCUT2D eigenvalue weighted by Crippen LogP contribution is -2.35. The molecule has 0 saturated heterocycles. The summed E-state index contributed by atoms with van der Waals surface area (Å²) in [7, 11) is 1.37. The number of methoxy groups -OCH3 is 1. The molecule has 2 N–H and O–H groups in total.